The largest absolute Gasteiger partial charge is 0.351 e. The Bertz CT molecular complexity index is 398. The number of nitrogens with zero attached hydrogens (tertiary/aromatic N) is 2. The van der Waals surface area contributed by atoms with Gasteiger partial charge in [0.05, 0.1) is 0 Å². The first-order chi connectivity index (χ1) is 9.02. The molecule has 2 unspecified atom stereocenters. The number of carbonyl (C=O) groups excluding carboxylic acids is 3. The zero-order valence-electron chi connectivity index (χ0n) is 11.1. The molecule has 1 saturated heterocycles. The quantitative estimate of drug-likeness (QED) is 0.647. The average Bonchev–Trinajstić information content (AvgIpc) is 2.89. The molecule has 4 amide bonds. The van der Waals surface area contributed by atoms with Crippen LogP contribution in [0.2, 0.25) is 0 Å². The Hall–Kier alpha value is -1.63. The van der Waals surface area contributed by atoms with Crippen LogP contribution in [0, 0.1) is 5.92 Å². The van der Waals surface area contributed by atoms with Crippen molar-refractivity contribution in [3.8, 4) is 0 Å². The van der Waals surface area contributed by atoms with E-state index < -0.39 is 6.03 Å². The molecule has 0 aromatic heterocycles. The monoisotopic (exact) mass is 268 g/mol. The maximum atomic E-state index is 11.9. The number of urea groups is 1. The van der Waals surface area contributed by atoms with Crippen molar-refractivity contribution in [2.45, 2.75) is 25.3 Å². The topological polar surface area (TPSA) is 95.7 Å². The average molecular weight is 268 g/mol. The fourth-order valence-electron chi connectivity index (χ4n) is 2.73. The van der Waals surface area contributed by atoms with Gasteiger partial charge in [0.25, 0.3) is 5.91 Å². The van der Waals surface area contributed by atoms with Gasteiger partial charge in [-0.3, -0.25) is 14.5 Å². The smallest absolute Gasteiger partial charge is 0.327 e. The molecule has 7 nitrogen and oxygen atoms in total. The molecule has 7 heteroatoms. The predicted octanol–water partition coefficient (Wildman–Crippen LogP) is -0.876. The van der Waals surface area contributed by atoms with Crippen molar-refractivity contribution in [2.75, 3.05) is 26.7 Å². The van der Waals surface area contributed by atoms with E-state index in [4.69, 9.17) is 5.73 Å². The molecule has 3 N–H and O–H groups in total. The van der Waals surface area contributed by atoms with E-state index in [9.17, 15) is 14.4 Å². The highest BCUT2D eigenvalue weighted by Gasteiger charge is 2.35. The summed E-state index contributed by atoms with van der Waals surface area (Å²) < 4.78 is 0. The number of imide groups is 1. The predicted molar refractivity (Wildman–Crippen MR) is 68.1 cm³/mol. The van der Waals surface area contributed by atoms with Gasteiger partial charge < -0.3 is 16.0 Å². The van der Waals surface area contributed by atoms with Gasteiger partial charge in [-0.2, -0.15) is 0 Å². The molecular formula is C12H20N4O3. The summed E-state index contributed by atoms with van der Waals surface area (Å²) in [5.41, 5.74) is 5.65. The molecule has 2 rings (SSSR count). The minimum Gasteiger partial charge on any atom is -0.351 e. The Morgan fingerprint density at radius 2 is 2.16 bits per heavy atom. The fraction of sp³-hybridized carbons (Fsp3) is 0.750. The molecule has 2 aliphatic rings. The lowest BCUT2D eigenvalue weighted by Gasteiger charge is -2.21. The SMILES string of the molecule is CN1CC(=O)N(CC(=O)NC2CCCC2CN)C1=O. The van der Waals surface area contributed by atoms with Crippen molar-refractivity contribution in [3.05, 3.63) is 0 Å². The van der Waals surface area contributed by atoms with Crippen LogP contribution in [0.25, 0.3) is 0 Å². The van der Waals surface area contributed by atoms with E-state index in [1.165, 1.54) is 4.90 Å². The molecule has 0 aromatic rings. The molecule has 106 valence electrons. The van der Waals surface area contributed by atoms with Gasteiger partial charge in [-0.1, -0.05) is 6.42 Å². The summed E-state index contributed by atoms with van der Waals surface area (Å²) in [4.78, 5) is 37.4. The van der Waals surface area contributed by atoms with Crippen LogP contribution in [0.4, 0.5) is 4.79 Å². The molecule has 0 aromatic carbocycles. The molecule has 1 aliphatic heterocycles. The lowest BCUT2D eigenvalue weighted by Crippen LogP contribution is -2.46. The third kappa shape index (κ3) is 2.86. The molecule has 1 saturated carbocycles. The van der Waals surface area contributed by atoms with Crippen LogP contribution < -0.4 is 11.1 Å². The van der Waals surface area contributed by atoms with Crippen LogP contribution in [0.1, 0.15) is 19.3 Å². The van der Waals surface area contributed by atoms with Gasteiger partial charge in [-0.25, -0.2) is 4.79 Å². The molecule has 1 heterocycles. The first kappa shape index (κ1) is 13.8. The molecule has 0 spiro atoms. The number of likely N-dealkylation sites (N-methyl/N-ethyl adjacent to an activating group) is 1. The summed E-state index contributed by atoms with van der Waals surface area (Å²) in [6, 6.07) is -0.343. The second kappa shape index (κ2) is 5.56. The first-order valence-corrected chi connectivity index (χ1v) is 6.57. The molecule has 2 atom stereocenters. The van der Waals surface area contributed by atoms with Crippen molar-refractivity contribution < 1.29 is 14.4 Å². The summed E-state index contributed by atoms with van der Waals surface area (Å²) in [5.74, 6) is -0.316. The highest BCUT2D eigenvalue weighted by molar-refractivity contribution is 6.04. The summed E-state index contributed by atoms with van der Waals surface area (Å²) in [6.07, 6.45) is 2.98. The normalized spacial score (nSPS) is 27.3. The van der Waals surface area contributed by atoms with Gasteiger partial charge in [-0.15, -0.1) is 0 Å². The van der Waals surface area contributed by atoms with E-state index >= 15 is 0 Å². The maximum absolute atomic E-state index is 11.9. The fourth-order valence-corrected chi connectivity index (χ4v) is 2.73. The van der Waals surface area contributed by atoms with Crippen molar-refractivity contribution >= 4 is 17.8 Å². The van der Waals surface area contributed by atoms with Gasteiger partial charge in [0.1, 0.15) is 13.1 Å². The van der Waals surface area contributed by atoms with Crippen LogP contribution in [-0.2, 0) is 9.59 Å². The van der Waals surface area contributed by atoms with Crippen LogP contribution in [0.5, 0.6) is 0 Å². The van der Waals surface area contributed by atoms with Crippen molar-refractivity contribution in [2.24, 2.45) is 11.7 Å². The number of hydrogen-bond donors (Lipinski definition) is 2. The molecule has 19 heavy (non-hydrogen) atoms. The van der Waals surface area contributed by atoms with Gasteiger partial charge in [-0.05, 0) is 25.3 Å². The van der Waals surface area contributed by atoms with E-state index in [1.54, 1.807) is 7.05 Å². The van der Waals surface area contributed by atoms with Crippen molar-refractivity contribution in [3.63, 3.8) is 0 Å². The van der Waals surface area contributed by atoms with E-state index in [1.807, 2.05) is 0 Å². The lowest BCUT2D eigenvalue weighted by atomic mass is 10.0. The Morgan fingerprint density at radius 1 is 1.42 bits per heavy atom. The Kier molecular flexibility index (Phi) is 4.04. The number of hydrogen-bond acceptors (Lipinski definition) is 4. The van der Waals surface area contributed by atoms with Crippen LogP contribution in [-0.4, -0.2) is 60.4 Å². The van der Waals surface area contributed by atoms with Gasteiger partial charge >= 0.3 is 6.03 Å². The lowest BCUT2D eigenvalue weighted by molar-refractivity contribution is -0.131. The summed E-state index contributed by atoms with van der Waals surface area (Å²) >= 11 is 0. The van der Waals surface area contributed by atoms with E-state index in [2.05, 4.69) is 5.32 Å². The number of nitrogens with two attached hydrogens (primary N) is 1. The van der Waals surface area contributed by atoms with Crippen molar-refractivity contribution in [1.29, 1.82) is 0 Å². The number of nitrogens with one attached hydrogen (secondary N) is 1. The molecule has 1 aliphatic carbocycles. The first-order valence-electron chi connectivity index (χ1n) is 6.57. The number of amides is 4. The van der Waals surface area contributed by atoms with Gasteiger partial charge in [0.15, 0.2) is 0 Å². The van der Waals surface area contributed by atoms with Crippen LogP contribution in [0.15, 0.2) is 0 Å². The third-order valence-electron chi connectivity index (χ3n) is 3.84. The number of carbonyl (C=O) groups is 3. The summed E-state index contributed by atoms with van der Waals surface area (Å²) in [5, 5.41) is 2.88. The molecule has 2 fully saturated rings. The Labute approximate surface area is 112 Å². The number of rotatable bonds is 4. The minimum atomic E-state index is -0.415. The minimum absolute atomic E-state index is 0.0426. The Morgan fingerprint density at radius 3 is 2.74 bits per heavy atom. The van der Waals surface area contributed by atoms with E-state index in [-0.39, 0.29) is 30.9 Å². The third-order valence-corrected chi connectivity index (χ3v) is 3.84. The molecule has 0 radical (unpaired) electrons. The highest BCUT2D eigenvalue weighted by Crippen LogP contribution is 2.24. The van der Waals surface area contributed by atoms with Crippen LogP contribution in [0.3, 0.4) is 0 Å². The van der Waals surface area contributed by atoms with Crippen LogP contribution >= 0.6 is 0 Å². The summed E-state index contributed by atoms with van der Waals surface area (Å²) in [6.45, 7) is 0.395. The van der Waals surface area contributed by atoms with Crippen molar-refractivity contribution in [1.82, 2.24) is 15.1 Å². The van der Waals surface area contributed by atoms with E-state index in [0.717, 1.165) is 24.2 Å². The van der Waals surface area contributed by atoms with Gasteiger partial charge in [0, 0.05) is 13.1 Å². The van der Waals surface area contributed by atoms with E-state index in [0.29, 0.717) is 12.5 Å². The second-order valence-corrected chi connectivity index (χ2v) is 5.22. The Balaban J connectivity index is 1.88. The maximum Gasteiger partial charge on any atom is 0.327 e. The summed E-state index contributed by atoms with van der Waals surface area (Å²) in [7, 11) is 1.54. The molecule has 0 bridgehead atoms. The highest BCUT2D eigenvalue weighted by atomic mass is 16.2. The standard InChI is InChI=1S/C12H20N4O3/c1-15-7-11(18)16(12(15)19)6-10(17)14-9-4-2-3-8(9)5-13/h8-9H,2-7,13H2,1H3,(H,14,17). The zero-order valence-corrected chi connectivity index (χ0v) is 11.1. The molecular weight excluding hydrogens is 248 g/mol. The van der Waals surface area contributed by atoms with Gasteiger partial charge in [0.2, 0.25) is 5.91 Å². The zero-order chi connectivity index (χ0) is 14.0. The second-order valence-electron chi connectivity index (χ2n) is 5.22.